The topological polar surface area (TPSA) is 98.0 Å². The van der Waals surface area contributed by atoms with Crippen LogP contribution in [0, 0.1) is 0 Å². The lowest BCUT2D eigenvalue weighted by Gasteiger charge is -2.21. The van der Waals surface area contributed by atoms with Crippen molar-refractivity contribution in [3.05, 3.63) is 53.5 Å². The van der Waals surface area contributed by atoms with Gasteiger partial charge in [0, 0.05) is 6.42 Å². The van der Waals surface area contributed by atoms with Crippen LogP contribution in [0.3, 0.4) is 0 Å². The third kappa shape index (κ3) is 7.52. The average molecular weight is 403 g/mol. The van der Waals surface area contributed by atoms with Gasteiger partial charge in [0.2, 0.25) is 0 Å². The first-order chi connectivity index (χ1) is 13.5. The number of ether oxygens (including phenoxy) is 2. The number of rotatable bonds is 8. The Morgan fingerprint density at radius 2 is 1.69 bits per heavy atom. The molecule has 0 radical (unpaired) electrons. The second kappa shape index (κ2) is 9.49. The van der Waals surface area contributed by atoms with E-state index in [1.54, 1.807) is 32.9 Å². The molecule has 2 aromatic rings. The van der Waals surface area contributed by atoms with Crippen LogP contribution in [0.2, 0.25) is 0 Å². The van der Waals surface area contributed by atoms with Crippen molar-refractivity contribution in [2.24, 2.45) is 0 Å². The lowest BCUT2D eigenvalue weighted by molar-refractivity contribution is -0.139. The van der Waals surface area contributed by atoms with Crippen molar-refractivity contribution >= 4 is 12.1 Å². The van der Waals surface area contributed by atoms with Crippen LogP contribution in [0.4, 0.5) is 4.79 Å². The zero-order valence-corrected chi connectivity index (χ0v) is 17.5. The normalized spacial score (nSPS) is 12.5. The summed E-state index contributed by atoms with van der Waals surface area (Å²) in [7, 11) is 0. The Balaban J connectivity index is 1.91. The zero-order chi connectivity index (χ0) is 21.6. The fourth-order valence-corrected chi connectivity index (χ4v) is 2.56. The van der Waals surface area contributed by atoms with Gasteiger partial charge in [0.05, 0.1) is 0 Å². The molecule has 1 amide bonds. The lowest BCUT2D eigenvalue weighted by atomic mass is 10.0. The van der Waals surface area contributed by atoms with Crippen molar-refractivity contribution in [3.8, 4) is 5.75 Å². The molecule has 7 heteroatoms. The van der Waals surface area contributed by atoms with Gasteiger partial charge in [0.15, 0.2) is 0 Å². The number of furan rings is 1. The molecule has 0 fully saturated rings. The number of benzene rings is 1. The number of carbonyl (C=O) groups excluding carboxylic acids is 1. The van der Waals surface area contributed by atoms with Gasteiger partial charge >= 0.3 is 12.1 Å². The van der Waals surface area contributed by atoms with Crippen LogP contribution in [0.5, 0.6) is 5.75 Å². The summed E-state index contributed by atoms with van der Waals surface area (Å²) in [5.74, 6) is 1.00. The van der Waals surface area contributed by atoms with Crippen molar-refractivity contribution in [2.45, 2.75) is 65.2 Å². The van der Waals surface area contributed by atoms with E-state index in [-0.39, 0.29) is 13.0 Å². The van der Waals surface area contributed by atoms with Gasteiger partial charge in [-0.05, 0) is 56.5 Å². The van der Waals surface area contributed by atoms with Crippen LogP contribution in [0.1, 0.15) is 57.6 Å². The molecule has 7 nitrogen and oxygen atoms in total. The van der Waals surface area contributed by atoms with E-state index in [4.69, 9.17) is 13.9 Å². The van der Waals surface area contributed by atoms with Crippen molar-refractivity contribution < 1.29 is 28.6 Å². The van der Waals surface area contributed by atoms with Crippen molar-refractivity contribution in [3.63, 3.8) is 0 Å². The van der Waals surface area contributed by atoms with E-state index in [1.165, 1.54) is 5.56 Å². The highest BCUT2D eigenvalue weighted by Gasteiger charge is 2.25. The van der Waals surface area contributed by atoms with Crippen LogP contribution in [-0.4, -0.2) is 28.8 Å². The van der Waals surface area contributed by atoms with Gasteiger partial charge in [0.1, 0.15) is 35.5 Å². The summed E-state index contributed by atoms with van der Waals surface area (Å²) < 4.78 is 16.5. The number of amides is 1. The summed E-state index contributed by atoms with van der Waals surface area (Å²) in [6, 6.07) is 10.1. The zero-order valence-electron chi connectivity index (χ0n) is 17.5. The maximum Gasteiger partial charge on any atom is 0.408 e. The largest absolute Gasteiger partial charge is 0.486 e. The summed E-state index contributed by atoms with van der Waals surface area (Å²) in [5.41, 5.74) is 0.519. The SMILES string of the molecule is CC(C)c1ccc(OCc2ccc(CC(NC(=O)OC(C)(C)C)C(=O)O)o2)cc1. The first kappa shape index (κ1) is 22.3. The van der Waals surface area contributed by atoms with E-state index < -0.39 is 23.7 Å². The number of nitrogens with one attached hydrogen (secondary N) is 1. The summed E-state index contributed by atoms with van der Waals surface area (Å²) in [4.78, 5) is 23.3. The molecule has 0 aliphatic heterocycles. The lowest BCUT2D eigenvalue weighted by Crippen LogP contribution is -2.44. The molecule has 0 aliphatic rings. The highest BCUT2D eigenvalue weighted by molar-refractivity contribution is 5.80. The van der Waals surface area contributed by atoms with Crippen LogP contribution in [-0.2, 0) is 22.6 Å². The first-order valence-corrected chi connectivity index (χ1v) is 9.56. The summed E-state index contributed by atoms with van der Waals surface area (Å²) in [6.45, 7) is 9.59. The minimum atomic E-state index is -1.17. The number of aliphatic carboxylic acids is 1. The fourth-order valence-electron chi connectivity index (χ4n) is 2.56. The van der Waals surface area contributed by atoms with E-state index in [0.717, 1.165) is 5.75 Å². The van der Waals surface area contributed by atoms with Gasteiger partial charge < -0.3 is 24.3 Å². The fraction of sp³-hybridized carbons (Fsp3) is 0.455. The van der Waals surface area contributed by atoms with Gasteiger partial charge in [-0.15, -0.1) is 0 Å². The third-order valence-electron chi connectivity index (χ3n) is 4.04. The maximum atomic E-state index is 11.8. The van der Waals surface area contributed by atoms with Crippen molar-refractivity contribution in [2.75, 3.05) is 0 Å². The first-order valence-electron chi connectivity index (χ1n) is 9.56. The molecule has 29 heavy (non-hydrogen) atoms. The van der Waals surface area contributed by atoms with E-state index in [0.29, 0.717) is 17.4 Å². The van der Waals surface area contributed by atoms with E-state index >= 15 is 0 Å². The molecule has 0 bridgehead atoms. The highest BCUT2D eigenvalue weighted by Crippen LogP contribution is 2.20. The minimum absolute atomic E-state index is 0.00232. The monoisotopic (exact) mass is 403 g/mol. The molecular formula is C22H29NO6. The van der Waals surface area contributed by atoms with Gasteiger partial charge in [-0.2, -0.15) is 0 Å². The number of alkyl carbamates (subject to hydrolysis) is 1. The molecule has 0 saturated heterocycles. The Bertz CT molecular complexity index is 817. The maximum absolute atomic E-state index is 11.8. The molecule has 0 spiro atoms. The Morgan fingerprint density at radius 1 is 1.07 bits per heavy atom. The number of carbonyl (C=O) groups is 2. The molecular weight excluding hydrogens is 374 g/mol. The summed E-state index contributed by atoms with van der Waals surface area (Å²) in [6.07, 6.45) is -0.789. The van der Waals surface area contributed by atoms with Crippen molar-refractivity contribution in [1.29, 1.82) is 0 Å². The molecule has 2 N–H and O–H groups in total. The average Bonchev–Trinajstić information content (AvgIpc) is 3.05. The Morgan fingerprint density at radius 3 is 2.24 bits per heavy atom. The Hall–Kier alpha value is -2.96. The van der Waals surface area contributed by atoms with Gasteiger partial charge in [0.25, 0.3) is 0 Å². The van der Waals surface area contributed by atoms with Gasteiger partial charge in [-0.25, -0.2) is 9.59 Å². The highest BCUT2D eigenvalue weighted by atomic mass is 16.6. The number of carboxylic acids is 1. The predicted octanol–water partition coefficient (Wildman–Crippen LogP) is 4.50. The molecule has 0 saturated carbocycles. The smallest absolute Gasteiger partial charge is 0.408 e. The van der Waals surface area contributed by atoms with E-state index in [9.17, 15) is 14.7 Å². The molecule has 1 unspecified atom stereocenters. The standard InChI is InChI=1S/C22H29NO6/c1-14(2)15-6-8-16(9-7-15)27-13-18-11-10-17(28-18)12-19(20(24)25)23-21(26)29-22(3,4)5/h6-11,14,19H,12-13H2,1-5H3,(H,23,26)(H,24,25). The number of hydrogen-bond acceptors (Lipinski definition) is 5. The summed E-state index contributed by atoms with van der Waals surface area (Å²) >= 11 is 0. The minimum Gasteiger partial charge on any atom is -0.486 e. The van der Waals surface area contributed by atoms with Crippen LogP contribution in [0.15, 0.2) is 40.8 Å². The molecule has 158 valence electrons. The number of carboxylic acid groups (broad SMARTS) is 1. The predicted molar refractivity (Wildman–Crippen MR) is 108 cm³/mol. The van der Waals surface area contributed by atoms with Crippen LogP contribution < -0.4 is 10.1 Å². The Kier molecular flexibility index (Phi) is 7.31. The van der Waals surface area contributed by atoms with E-state index in [2.05, 4.69) is 19.2 Å². The number of hydrogen-bond donors (Lipinski definition) is 2. The second-order valence-electron chi connectivity index (χ2n) is 8.12. The van der Waals surface area contributed by atoms with Gasteiger partial charge in [-0.3, -0.25) is 0 Å². The van der Waals surface area contributed by atoms with Gasteiger partial charge in [-0.1, -0.05) is 26.0 Å². The molecule has 1 aromatic heterocycles. The van der Waals surface area contributed by atoms with Crippen LogP contribution >= 0.6 is 0 Å². The quantitative estimate of drug-likeness (QED) is 0.673. The molecule has 2 rings (SSSR count). The Labute approximate surface area is 171 Å². The molecule has 1 aromatic carbocycles. The molecule has 1 atom stereocenters. The molecule has 1 heterocycles. The second-order valence-corrected chi connectivity index (χ2v) is 8.12. The van der Waals surface area contributed by atoms with E-state index in [1.807, 2.05) is 24.3 Å². The molecule has 0 aliphatic carbocycles. The summed E-state index contributed by atoms with van der Waals surface area (Å²) in [5, 5.41) is 11.7. The van der Waals surface area contributed by atoms with Crippen LogP contribution in [0.25, 0.3) is 0 Å². The third-order valence-corrected chi connectivity index (χ3v) is 4.04. The van der Waals surface area contributed by atoms with Crippen molar-refractivity contribution in [1.82, 2.24) is 5.32 Å².